The van der Waals surface area contributed by atoms with Crippen LogP contribution < -0.4 is 15.0 Å². The van der Waals surface area contributed by atoms with Crippen molar-refractivity contribution in [3.63, 3.8) is 0 Å². The number of ether oxygens (including phenoxy) is 1. The van der Waals surface area contributed by atoms with Crippen molar-refractivity contribution in [1.29, 1.82) is 0 Å². The van der Waals surface area contributed by atoms with Crippen LogP contribution in [0, 0.1) is 5.82 Å². The number of pyridine rings is 1. The van der Waals surface area contributed by atoms with Crippen LogP contribution >= 0.6 is 0 Å². The number of nitrogens with zero attached hydrogens (tertiary/aromatic N) is 2. The molecule has 212 valence electrons. The van der Waals surface area contributed by atoms with Crippen LogP contribution in [0.5, 0.6) is 5.88 Å². The van der Waals surface area contributed by atoms with E-state index in [1.54, 1.807) is 26.0 Å². The second-order valence-corrected chi connectivity index (χ2v) is 10.6. The van der Waals surface area contributed by atoms with Crippen molar-refractivity contribution in [2.45, 2.75) is 44.6 Å². The Labute approximate surface area is 235 Å². The van der Waals surface area contributed by atoms with Crippen LogP contribution in [0.2, 0.25) is 0 Å². The third-order valence-electron chi connectivity index (χ3n) is 7.03. The number of hydrogen-bond donors (Lipinski definition) is 1. The SMILES string of the molecule is CC(C)(Oc1ccc(C(F)(F)F)cn1)C(=O)NC1Cc2cc(-c3ccc(F)cc3)ccc2N(Cc2ccccc2)C1. The molecule has 3 aromatic carbocycles. The molecule has 0 saturated carbocycles. The summed E-state index contributed by atoms with van der Waals surface area (Å²) < 4.78 is 57.9. The minimum absolute atomic E-state index is 0.0817. The monoisotopic (exact) mass is 563 g/mol. The summed E-state index contributed by atoms with van der Waals surface area (Å²) in [5.41, 5.74) is 2.72. The van der Waals surface area contributed by atoms with Crippen LogP contribution in [0.1, 0.15) is 30.5 Å². The van der Waals surface area contributed by atoms with E-state index < -0.39 is 23.2 Å². The number of rotatable bonds is 7. The molecule has 5 nitrogen and oxygen atoms in total. The summed E-state index contributed by atoms with van der Waals surface area (Å²) in [6.45, 7) is 4.27. The lowest BCUT2D eigenvalue weighted by molar-refractivity contribution is -0.138. The van der Waals surface area contributed by atoms with Crippen molar-refractivity contribution in [2.75, 3.05) is 11.4 Å². The Balaban J connectivity index is 1.36. The first-order valence-corrected chi connectivity index (χ1v) is 13.2. The summed E-state index contributed by atoms with van der Waals surface area (Å²) >= 11 is 0. The zero-order chi connectivity index (χ0) is 29.2. The summed E-state index contributed by atoms with van der Waals surface area (Å²) in [4.78, 5) is 19.3. The van der Waals surface area contributed by atoms with Gasteiger partial charge < -0.3 is 15.0 Å². The number of halogens is 4. The fraction of sp³-hybridized carbons (Fsp3) is 0.250. The topological polar surface area (TPSA) is 54.5 Å². The Morgan fingerprint density at radius 3 is 2.34 bits per heavy atom. The number of carbonyl (C=O) groups is 1. The lowest BCUT2D eigenvalue weighted by atomic mass is 9.93. The van der Waals surface area contributed by atoms with E-state index in [9.17, 15) is 22.4 Å². The predicted molar refractivity (Wildman–Crippen MR) is 149 cm³/mol. The van der Waals surface area contributed by atoms with Crippen LogP contribution in [0.25, 0.3) is 11.1 Å². The van der Waals surface area contributed by atoms with Crippen LogP contribution in [0.4, 0.5) is 23.2 Å². The largest absolute Gasteiger partial charge is 0.462 e. The molecule has 0 bridgehead atoms. The molecular formula is C32H29F4N3O2. The number of fused-ring (bicyclic) bond motifs is 1. The minimum Gasteiger partial charge on any atom is -0.462 e. The highest BCUT2D eigenvalue weighted by molar-refractivity contribution is 5.85. The normalized spacial score (nSPS) is 15.3. The first kappa shape index (κ1) is 28.1. The zero-order valence-corrected chi connectivity index (χ0v) is 22.6. The Morgan fingerprint density at radius 2 is 1.68 bits per heavy atom. The van der Waals surface area contributed by atoms with Crippen molar-refractivity contribution >= 4 is 11.6 Å². The third kappa shape index (κ3) is 6.67. The lowest BCUT2D eigenvalue weighted by Crippen LogP contribution is -2.55. The fourth-order valence-corrected chi connectivity index (χ4v) is 4.90. The van der Waals surface area contributed by atoms with Gasteiger partial charge in [0.2, 0.25) is 5.88 Å². The first-order chi connectivity index (χ1) is 19.5. The number of nitrogens with one attached hydrogen (secondary N) is 1. The molecule has 0 saturated heterocycles. The number of amides is 1. The molecule has 1 aliphatic heterocycles. The van der Waals surface area contributed by atoms with E-state index in [1.165, 1.54) is 12.1 Å². The molecule has 0 aliphatic carbocycles. The molecule has 1 unspecified atom stereocenters. The van der Waals surface area contributed by atoms with E-state index in [-0.39, 0.29) is 17.7 Å². The van der Waals surface area contributed by atoms with E-state index in [0.29, 0.717) is 25.7 Å². The average Bonchev–Trinajstić information content (AvgIpc) is 2.93. The van der Waals surface area contributed by atoms with Gasteiger partial charge in [-0.25, -0.2) is 9.37 Å². The molecule has 1 aliphatic rings. The molecule has 0 spiro atoms. The van der Waals surface area contributed by atoms with E-state index in [0.717, 1.165) is 40.1 Å². The van der Waals surface area contributed by atoms with Gasteiger partial charge in [-0.2, -0.15) is 13.2 Å². The number of anilines is 1. The minimum atomic E-state index is -4.52. The van der Waals surface area contributed by atoms with Gasteiger partial charge in [0.05, 0.1) is 11.6 Å². The molecule has 9 heteroatoms. The summed E-state index contributed by atoms with van der Waals surface area (Å²) in [6.07, 6.45) is -3.28. The van der Waals surface area contributed by atoms with Crippen molar-refractivity contribution in [2.24, 2.45) is 0 Å². The zero-order valence-electron chi connectivity index (χ0n) is 22.6. The van der Waals surface area contributed by atoms with E-state index >= 15 is 0 Å². The van der Waals surface area contributed by atoms with Gasteiger partial charge in [0.25, 0.3) is 5.91 Å². The van der Waals surface area contributed by atoms with Gasteiger partial charge in [0.1, 0.15) is 5.82 Å². The van der Waals surface area contributed by atoms with Crippen molar-refractivity contribution in [3.8, 4) is 17.0 Å². The number of alkyl halides is 3. The molecule has 41 heavy (non-hydrogen) atoms. The van der Waals surface area contributed by atoms with Gasteiger partial charge in [-0.1, -0.05) is 48.5 Å². The van der Waals surface area contributed by atoms with Gasteiger partial charge >= 0.3 is 6.18 Å². The predicted octanol–water partition coefficient (Wildman–Crippen LogP) is 6.81. The Hall–Kier alpha value is -4.40. The van der Waals surface area contributed by atoms with Crippen LogP contribution in [-0.4, -0.2) is 29.1 Å². The molecule has 5 rings (SSSR count). The van der Waals surface area contributed by atoms with E-state index in [1.807, 2.05) is 36.4 Å². The molecular weight excluding hydrogens is 534 g/mol. The molecule has 1 N–H and O–H groups in total. The van der Waals surface area contributed by atoms with E-state index in [4.69, 9.17) is 4.74 Å². The maximum Gasteiger partial charge on any atom is 0.417 e. The highest BCUT2D eigenvalue weighted by Gasteiger charge is 2.35. The highest BCUT2D eigenvalue weighted by Crippen LogP contribution is 2.34. The van der Waals surface area contributed by atoms with Crippen LogP contribution in [0.15, 0.2) is 91.1 Å². The number of hydrogen-bond acceptors (Lipinski definition) is 4. The van der Waals surface area contributed by atoms with Gasteiger partial charge in [0, 0.05) is 31.0 Å². The second-order valence-electron chi connectivity index (χ2n) is 10.6. The smallest absolute Gasteiger partial charge is 0.417 e. The van der Waals surface area contributed by atoms with Crippen molar-refractivity contribution < 1.29 is 27.1 Å². The maximum absolute atomic E-state index is 13.5. The van der Waals surface area contributed by atoms with E-state index in [2.05, 4.69) is 27.3 Å². The number of aromatic nitrogens is 1. The third-order valence-corrected chi connectivity index (χ3v) is 7.03. The Kier molecular flexibility index (Phi) is 7.71. The molecule has 0 fully saturated rings. The molecule has 4 aromatic rings. The second kappa shape index (κ2) is 11.2. The molecule has 2 heterocycles. The van der Waals surface area contributed by atoms with Crippen LogP contribution in [0.3, 0.4) is 0 Å². The average molecular weight is 564 g/mol. The fourth-order valence-electron chi connectivity index (χ4n) is 4.90. The number of benzene rings is 3. The Morgan fingerprint density at radius 1 is 0.976 bits per heavy atom. The summed E-state index contributed by atoms with van der Waals surface area (Å²) in [5.74, 6) is -0.802. The standard InChI is InChI=1S/C32H29F4N3O2/c1-31(2,41-29-15-11-25(18-37-29)32(34,35)36)30(40)38-27-17-24-16-23(22-8-12-26(33)13-9-22)10-14-28(24)39(20-27)19-21-6-4-3-5-7-21/h3-16,18,27H,17,19-20H2,1-2H3,(H,38,40). The molecule has 1 amide bonds. The van der Waals surface area contributed by atoms with Gasteiger partial charge in [0.15, 0.2) is 5.60 Å². The van der Waals surface area contributed by atoms with Gasteiger partial charge in [-0.3, -0.25) is 4.79 Å². The van der Waals surface area contributed by atoms with Crippen molar-refractivity contribution in [3.05, 3.63) is 114 Å². The Bertz CT molecular complexity index is 1510. The molecule has 1 aromatic heterocycles. The molecule has 0 radical (unpaired) electrons. The highest BCUT2D eigenvalue weighted by atomic mass is 19.4. The lowest BCUT2D eigenvalue weighted by Gasteiger charge is -2.38. The summed E-state index contributed by atoms with van der Waals surface area (Å²) in [7, 11) is 0. The van der Waals surface area contributed by atoms with Gasteiger partial charge in [-0.05, 0) is 72.9 Å². The summed E-state index contributed by atoms with van der Waals surface area (Å²) in [5, 5.41) is 3.08. The quantitative estimate of drug-likeness (QED) is 0.251. The maximum atomic E-state index is 13.5. The van der Waals surface area contributed by atoms with Crippen molar-refractivity contribution in [1.82, 2.24) is 10.3 Å². The first-order valence-electron chi connectivity index (χ1n) is 13.2. The molecule has 1 atom stereocenters. The summed E-state index contributed by atoms with van der Waals surface area (Å²) in [6, 6.07) is 24.1. The number of carbonyl (C=O) groups excluding carboxylic acids is 1. The van der Waals surface area contributed by atoms with Gasteiger partial charge in [-0.15, -0.1) is 0 Å². The van der Waals surface area contributed by atoms with Crippen LogP contribution in [-0.2, 0) is 23.9 Å².